The molecule has 0 radical (unpaired) electrons. The first kappa shape index (κ1) is 26.0. The molecule has 0 aromatic heterocycles. The predicted molar refractivity (Wildman–Crippen MR) is 112 cm³/mol. The summed E-state index contributed by atoms with van der Waals surface area (Å²) in [6, 6.07) is -0.706. The Morgan fingerprint density at radius 1 is 1.13 bits per heavy atom. The smallest absolute Gasteiger partial charge is 0.332 e. The van der Waals surface area contributed by atoms with E-state index in [4.69, 9.17) is 23.7 Å². The molecular weight excluding hydrogens is 406 g/mol. The van der Waals surface area contributed by atoms with Crippen LogP contribution < -0.4 is 5.32 Å². The number of rotatable bonds is 13. The molecule has 180 valence electrons. The van der Waals surface area contributed by atoms with Gasteiger partial charge in [0, 0.05) is 14.0 Å². The van der Waals surface area contributed by atoms with Crippen LogP contribution in [0.1, 0.15) is 72.1 Å². The van der Waals surface area contributed by atoms with Crippen LogP contribution >= 0.6 is 0 Å². The van der Waals surface area contributed by atoms with Crippen LogP contribution in [0.4, 0.5) is 0 Å². The van der Waals surface area contributed by atoms with Gasteiger partial charge in [0.05, 0.1) is 6.61 Å². The van der Waals surface area contributed by atoms with Crippen molar-refractivity contribution in [3.63, 3.8) is 0 Å². The van der Waals surface area contributed by atoms with Gasteiger partial charge in [0.25, 0.3) is 0 Å². The molecule has 2 rings (SSSR count). The summed E-state index contributed by atoms with van der Waals surface area (Å²) in [5.41, 5.74) is 0. The summed E-state index contributed by atoms with van der Waals surface area (Å²) in [5.74, 6) is -1.39. The summed E-state index contributed by atoms with van der Waals surface area (Å²) in [6.07, 6.45) is 5.00. The average molecular weight is 446 g/mol. The van der Waals surface area contributed by atoms with Gasteiger partial charge in [-0.2, -0.15) is 0 Å². The molecule has 2 saturated heterocycles. The van der Waals surface area contributed by atoms with Crippen molar-refractivity contribution in [2.24, 2.45) is 0 Å². The fraction of sp³-hybridized carbons (Fsp3) is 0.909. The van der Waals surface area contributed by atoms with Crippen LogP contribution in [0.25, 0.3) is 0 Å². The predicted octanol–water partition coefficient (Wildman–Crippen LogP) is 2.60. The molecule has 9 nitrogen and oxygen atoms in total. The van der Waals surface area contributed by atoms with E-state index in [1.54, 1.807) is 0 Å². The molecular formula is C22H39NO8. The Morgan fingerprint density at radius 3 is 2.42 bits per heavy atom. The fourth-order valence-electron chi connectivity index (χ4n) is 4.08. The van der Waals surface area contributed by atoms with Crippen LogP contribution in [-0.4, -0.2) is 73.7 Å². The van der Waals surface area contributed by atoms with E-state index in [2.05, 4.69) is 12.2 Å². The SMILES string of the molecule is CCCCCCCCCC1OC[C@H]2O[C@H](OC)[C@H](NC(C)=O)[C@@H](OC(C)C(=O)O)[C@@H]2O1. The number of hydrogen-bond acceptors (Lipinski definition) is 7. The Balaban J connectivity index is 1.99. The van der Waals surface area contributed by atoms with Crippen LogP contribution in [0.15, 0.2) is 0 Å². The molecule has 2 unspecified atom stereocenters. The second-order valence-corrected chi connectivity index (χ2v) is 8.36. The summed E-state index contributed by atoms with van der Waals surface area (Å²) in [6.45, 7) is 5.33. The number of carbonyl (C=O) groups excluding carboxylic acids is 1. The lowest BCUT2D eigenvalue weighted by Crippen LogP contribution is -2.68. The number of carbonyl (C=O) groups is 2. The molecule has 0 bridgehead atoms. The molecule has 0 spiro atoms. The topological polar surface area (TPSA) is 113 Å². The Morgan fingerprint density at radius 2 is 1.81 bits per heavy atom. The van der Waals surface area contributed by atoms with Crippen LogP contribution in [0, 0.1) is 0 Å². The average Bonchev–Trinajstić information content (AvgIpc) is 2.73. The van der Waals surface area contributed by atoms with Gasteiger partial charge >= 0.3 is 5.97 Å². The summed E-state index contributed by atoms with van der Waals surface area (Å²) in [7, 11) is 1.46. The van der Waals surface area contributed by atoms with E-state index in [0.29, 0.717) is 6.61 Å². The molecule has 0 aromatic carbocycles. The summed E-state index contributed by atoms with van der Waals surface area (Å²) < 4.78 is 29.2. The van der Waals surface area contributed by atoms with Crippen molar-refractivity contribution in [1.82, 2.24) is 5.32 Å². The quantitative estimate of drug-likeness (QED) is 0.416. The number of carboxylic acids is 1. The third-order valence-corrected chi connectivity index (χ3v) is 5.76. The molecule has 9 heteroatoms. The lowest BCUT2D eigenvalue weighted by atomic mass is 9.95. The minimum Gasteiger partial charge on any atom is -0.479 e. The van der Waals surface area contributed by atoms with E-state index >= 15 is 0 Å². The van der Waals surface area contributed by atoms with Gasteiger partial charge in [0.15, 0.2) is 18.7 Å². The molecule has 0 aliphatic carbocycles. The Labute approximate surface area is 185 Å². The summed E-state index contributed by atoms with van der Waals surface area (Å²) >= 11 is 0. The molecule has 7 atom stereocenters. The largest absolute Gasteiger partial charge is 0.479 e. The molecule has 2 aliphatic rings. The lowest BCUT2D eigenvalue weighted by molar-refractivity contribution is -0.345. The van der Waals surface area contributed by atoms with Crippen molar-refractivity contribution < 1.29 is 38.4 Å². The molecule has 0 saturated carbocycles. The first-order valence-corrected chi connectivity index (χ1v) is 11.5. The highest BCUT2D eigenvalue weighted by molar-refractivity contribution is 5.73. The van der Waals surface area contributed by atoms with Crippen LogP contribution in [0.2, 0.25) is 0 Å². The van der Waals surface area contributed by atoms with Crippen LogP contribution in [0.5, 0.6) is 0 Å². The third kappa shape index (κ3) is 7.98. The number of methoxy groups -OCH3 is 1. The normalized spacial score (nSPS) is 31.6. The number of nitrogens with one attached hydrogen (secondary N) is 1. The van der Waals surface area contributed by atoms with E-state index in [9.17, 15) is 14.7 Å². The van der Waals surface area contributed by atoms with Crippen LogP contribution in [0.3, 0.4) is 0 Å². The number of unbranched alkanes of at least 4 members (excludes halogenated alkanes) is 6. The van der Waals surface area contributed by atoms with Crippen molar-refractivity contribution in [3.05, 3.63) is 0 Å². The first-order valence-electron chi connectivity index (χ1n) is 11.5. The molecule has 2 fully saturated rings. The molecule has 2 N–H and O–H groups in total. The maximum absolute atomic E-state index is 11.8. The third-order valence-electron chi connectivity index (χ3n) is 5.76. The Hall–Kier alpha value is -1.26. The Kier molecular flexibility index (Phi) is 11.2. The highest BCUT2D eigenvalue weighted by atomic mass is 16.7. The number of hydrogen-bond donors (Lipinski definition) is 2. The van der Waals surface area contributed by atoms with E-state index in [-0.39, 0.29) is 5.91 Å². The van der Waals surface area contributed by atoms with Gasteiger partial charge in [-0.3, -0.25) is 4.79 Å². The van der Waals surface area contributed by atoms with Crippen molar-refractivity contribution in [1.29, 1.82) is 0 Å². The molecule has 2 aliphatic heterocycles. The van der Waals surface area contributed by atoms with E-state index < -0.39 is 49.0 Å². The van der Waals surface area contributed by atoms with Crippen molar-refractivity contribution >= 4 is 11.9 Å². The lowest BCUT2D eigenvalue weighted by Gasteiger charge is -2.49. The fourth-order valence-corrected chi connectivity index (χ4v) is 4.08. The minimum atomic E-state index is -1.09. The van der Waals surface area contributed by atoms with Crippen molar-refractivity contribution in [3.8, 4) is 0 Å². The second kappa shape index (κ2) is 13.3. The van der Waals surface area contributed by atoms with Gasteiger partial charge in [0.1, 0.15) is 24.4 Å². The number of amides is 1. The number of aliphatic carboxylic acids is 1. The molecule has 31 heavy (non-hydrogen) atoms. The zero-order chi connectivity index (χ0) is 22.8. The van der Waals surface area contributed by atoms with Crippen molar-refractivity contribution in [2.75, 3.05) is 13.7 Å². The van der Waals surface area contributed by atoms with Gasteiger partial charge < -0.3 is 34.1 Å². The number of ether oxygens (including phenoxy) is 5. The van der Waals surface area contributed by atoms with Gasteiger partial charge in [-0.05, 0) is 19.8 Å². The number of fused-ring (bicyclic) bond motifs is 1. The summed E-state index contributed by atoms with van der Waals surface area (Å²) in [5, 5.41) is 12.1. The second-order valence-electron chi connectivity index (χ2n) is 8.36. The zero-order valence-corrected chi connectivity index (χ0v) is 19.2. The monoisotopic (exact) mass is 445 g/mol. The molecule has 1 amide bonds. The standard InChI is InChI=1S/C22H39NO8/c1-5-6-7-8-9-10-11-12-17-28-13-16-19(31-17)20(29-14(2)21(25)26)18(23-15(3)24)22(27-4)30-16/h14,16-20,22H,5-13H2,1-4H3,(H,23,24)(H,25,26)/t14?,16-,17?,18-,19-,20-,22+/m1/s1. The first-order chi connectivity index (χ1) is 14.9. The van der Waals surface area contributed by atoms with Gasteiger partial charge in [0.2, 0.25) is 5.91 Å². The zero-order valence-electron chi connectivity index (χ0n) is 19.2. The molecule has 2 heterocycles. The summed E-state index contributed by atoms with van der Waals surface area (Å²) in [4.78, 5) is 23.2. The van der Waals surface area contributed by atoms with Crippen molar-refractivity contribution in [2.45, 2.75) is 115 Å². The van der Waals surface area contributed by atoms with Crippen LogP contribution in [-0.2, 0) is 33.3 Å². The van der Waals surface area contributed by atoms with Gasteiger partial charge in [-0.1, -0.05) is 45.4 Å². The highest BCUT2D eigenvalue weighted by Crippen LogP contribution is 2.32. The van der Waals surface area contributed by atoms with E-state index in [0.717, 1.165) is 19.3 Å². The van der Waals surface area contributed by atoms with Gasteiger partial charge in [-0.25, -0.2) is 4.79 Å². The highest BCUT2D eigenvalue weighted by Gasteiger charge is 2.51. The van der Waals surface area contributed by atoms with E-state index in [1.165, 1.54) is 53.1 Å². The maximum Gasteiger partial charge on any atom is 0.332 e. The number of carboxylic acid groups (broad SMARTS) is 1. The minimum absolute atomic E-state index is 0.291. The maximum atomic E-state index is 11.8. The van der Waals surface area contributed by atoms with Gasteiger partial charge in [-0.15, -0.1) is 0 Å². The Bertz CT molecular complexity index is 560. The molecule has 0 aromatic rings. The van der Waals surface area contributed by atoms with E-state index in [1.807, 2.05) is 0 Å².